The lowest BCUT2D eigenvalue weighted by Gasteiger charge is -2.50. The molecule has 12 N–H and O–H groups in total. The van der Waals surface area contributed by atoms with Gasteiger partial charge in [0.1, 0.15) is 81.8 Å². The van der Waals surface area contributed by atoms with Crippen molar-refractivity contribution in [3.05, 3.63) is 127 Å². The minimum atomic E-state index is -1.81. The Bertz CT molecular complexity index is 4700. The van der Waals surface area contributed by atoms with Crippen LogP contribution < -0.4 is 11.5 Å². The molecule has 2 saturated carbocycles. The summed E-state index contributed by atoms with van der Waals surface area (Å²) in [7, 11) is 2.65. The minimum absolute atomic E-state index is 0. The first kappa shape index (κ1) is 103. The summed E-state index contributed by atoms with van der Waals surface area (Å²) in [5.41, 5.74) is 9.02. The van der Waals surface area contributed by atoms with Crippen molar-refractivity contribution in [2.75, 3.05) is 14.2 Å². The number of aromatic amines is 2. The van der Waals surface area contributed by atoms with Crippen LogP contribution in [0.15, 0.2) is 89.9 Å². The summed E-state index contributed by atoms with van der Waals surface area (Å²) >= 11 is 24.8. The number of H-pyrrole nitrogens is 2. The molecular weight excluding hydrogens is 1750 g/mol. The number of aliphatic hydroxyl groups is 6. The molecule has 0 spiro atoms. The van der Waals surface area contributed by atoms with Crippen LogP contribution in [0.2, 0.25) is 20.1 Å². The van der Waals surface area contributed by atoms with Crippen LogP contribution in [0.4, 0.5) is 4.79 Å². The molecule has 2 aromatic heterocycles. The maximum Gasteiger partial charge on any atom is 0.405 e. The minimum Gasteiger partial charge on any atom is -0.511 e. The Morgan fingerprint density at radius 1 is 0.570 bits per heavy atom. The number of likely N-dealkylation sites (tertiary alicyclic amines) is 2. The van der Waals surface area contributed by atoms with Crippen LogP contribution in [0.5, 0.6) is 0 Å². The number of aliphatic hydroxyl groups excluding tert-OH is 4. The number of allylic oxidation sites excluding steroid dienone is 6. The molecule has 2 aromatic rings. The zero-order chi connectivity index (χ0) is 94.0. The predicted octanol–water partition coefficient (Wildman–Crippen LogP) is 11.2. The highest BCUT2D eigenvalue weighted by atomic mass is 35.5. The van der Waals surface area contributed by atoms with Crippen molar-refractivity contribution < 1.29 is 131 Å². The largest absolute Gasteiger partial charge is 0.511 e. The number of carbonyl (C=O) groups excluding carboxylic acids is 9. The first-order valence-corrected chi connectivity index (χ1v) is 44.6. The maximum atomic E-state index is 14.8. The molecule has 12 rings (SSSR count). The molecule has 0 aromatic carbocycles. The van der Waals surface area contributed by atoms with Crippen molar-refractivity contribution in [3.63, 3.8) is 0 Å². The highest BCUT2D eigenvalue weighted by Gasteiger charge is 2.63. The van der Waals surface area contributed by atoms with Gasteiger partial charge in [-0.3, -0.25) is 48.2 Å². The third-order valence-corrected chi connectivity index (χ3v) is 29.1. The molecule has 33 nitrogen and oxygen atoms in total. The SMILES string of the molecule is C.C=C(N)OC1C(C)OC(N2C(=O)/C(=C(\O)C3C(C)C=CC4C(OC5CC(O)(C(C)CC(=O)c6[nH]cc(Cl)c6Cl)C(O)C(C)O5)CCC(=C)C43)C(=O)C2C(C)C)C(OC)C1OC(C)=O.C=C1CCC(OC2CC(O)(C(C)CC(=O)c3[nH]c(C)c(Cl)c3Cl)C(O)C(C)O2)C2C=CC(C)C(/C(O)=C3\C(=O)C(C(C)C)N(C4OC(C)C(OC(N)=O)C(OC(C)=O)C4OC)C3=O)C12. The number of esters is 2. The molecule has 6 saturated heterocycles. The molecule has 0 bridgehead atoms. The van der Waals surface area contributed by atoms with E-state index in [1.54, 1.807) is 69.2 Å². The van der Waals surface area contributed by atoms with E-state index in [9.17, 15) is 73.8 Å². The second-order valence-electron chi connectivity index (χ2n) is 36.5. The van der Waals surface area contributed by atoms with Crippen molar-refractivity contribution in [1.29, 1.82) is 0 Å². The van der Waals surface area contributed by atoms with Crippen molar-refractivity contribution in [2.24, 2.45) is 82.5 Å². The summed E-state index contributed by atoms with van der Waals surface area (Å²) in [5, 5.41) is 72.0. The molecule has 4 aliphatic carbocycles. The fraction of sp³-hybridized carbons (Fsp3) is 0.659. The van der Waals surface area contributed by atoms with Gasteiger partial charge in [-0.1, -0.05) is 158 Å². The standard InChI is InChI=1S/C45H61Cl2N3O14.C45H61Cl2N3O13.CH4/c1-17(2)35-37(54)31(42(56)50(35)43-40(59-10)39(62-24(9)51)38(22(7)61-43)64-44(48)57)36(53)30-19(4)11-13-25-27(14-12-18(3)29(25)30)63-28-16-45(58,41(55)23(8)60-28)20(5)15-26(52)34-33(47)32(46)21(6)49-34;1-18(2)36-38(54)33(43(56)50(36)44-41(58-10)40(62-25(9)51)39(22(6)60-44)61-24(8)48)37(53)32-20(4)11-13-26-29(14-12-19(3)31(26)32)63-30-16-45(57,42(55)23(7)59-30)21(5)15-28(52)35-34(47)27(46)17-49-35;/h11,13,17,19-20,22-23,25,27-30,35,38-41,43,49,53,55,58H,3,12,14-16H2,1-2,4-10H3,(H2,48,57);11,13,17-18,20-23,26,29-32,36,39-42,44,49,53,55,57H,3,8,12,14-16,48H2,1-2,4-7,9-10H3;1H4/b36-31-;37-33-;. The Labute approximate surface area is 765 Å². The molecule has 128 heavy (non-hydrogen) atoms. The number of rotatable bonds is 25. The van der Waals surface area contributed by atoms with E-state index in [2.05, 4.69) is 29.7 Å². The predicted molar refractivity (Wildman–Crippen MR) is 467 cm³/mol. The number of aromatic nitrogens is 2. The van der Waals surface area contributed by atoms with E-state index in [1.165, 1.54) is 44.1 Å². The fourth-order valence-corrected chi connectivity index (χ4v) is 21.7. The number of nitrogens with one attached hydrogen (secondary N) is 2. The second-order valence-corrected chi connectivity index (χ2v) is 38.0. The lowest BCUT2D eigenvalue weighted by Crippen LogP contribution is -2.66. The van der Waals surface area contributed by atoms with Gasteiger partial charge in [0.25, 0.3) is 11.8 Å². The summed E-state index contributed by atoms with van der Waals surface area (Å²) in [6, 6.07) is -2.23. The van der Waals surface area contributed by atoms with E-state index < -0.39 is 257 Å². The third kappa shape index (κ3) is 19.8. The van der Waals surface area contributed by atoms with Crippen LogP contribution in [0.3, 0.4) is 0 Å². The van der Waals surface area contributed by atoms with E-state index >= 15 is 0 Å². The highest BCUT2D eigenvalue weighted by molar-refractivity contribution is 6.45. The van der Waals surface area contributed by atoms with Crippen molar-refractivity contribution >= 4 is 99.4 Å². The van der Waals surface area contributed by atoms with Crippen molar-refractivity contribution in [3.8, 4) is 0 Å². The first-order valence-electron chi connectivity index (χ1n) is 43.1. The molecule has 3 amide bonds. The Morgan fingerprint density at radius 2 is 0.961 bits per heavy atom. The van der Waals surface area contributed by atoms with Gasteiger partial charge in [-0.15, -0.1) is 0 Å². The number of primary amides is 1. The molecule has 8 fully saturated rings. The molecule has 32 atom stereocenters. The van der Waals surface area contributed by atoms with Crippen LogP contribution in [0.25, 0.3) is 0 Å². The Morgan fingerprint density at radius 3 is 1.30 bits per heavy atom. The number of ketones is 4. The second kappa shape index (κ2) is 40.9. The van der Waals surface area contributed by atoms with Crippen LogP contribution in [-0.4, -0.2) is 251 Å². The molecule has 32 unspecified atom stereocenters. The molecule has 10 aliphatic rings. The van der Waals surface area contributed by atoms with Gasteiger partial charge in [0.2, 0.25) is 0 Å². The van der Waals surface area contributed by atoms with Gasteiger partial charge in [-0.2, -0.15) is 0 Å². The van der Waals surface area contributed by atoms with Gasteiger partial charge >= 0.3 is 18.0 Å². The van der Waals surface area contributed by atoms with Gasteiger partial charge in [0.15, 0.2) is 78.5 Å². The number of fused-ring (bicyclic) bond motifs is 2. The zero-order valence-corrected chi connectivity index (χ0v) is 77.5. The topological polar surface area (TPSA) is 476 Å². The lowest BCUT2D eigenvalue weighted by molar-refractivity contribution is -0.301. The zero-order valence-electron chi connectivity index (χ0n) is 74.5. The van der Waals surface area contributed by atoms with E-state index in [-0.39, 0.29) is 93.6 Å². The Kier molecular flexibility index (Phi) is 32.8. The molecule has 0 radical (unpaired) electrons. The number of halogens is 4. The quantitative estimate of drug-likeness (QED) is 0.00839. The monoisotopic (exact) mass is 1870 g/mol. The smallest absolute Gasteiger partial charge is 0.405 e. The number of nitrogens with two attached hydrogens (primary N) is 2. The molecule has 710 valence electrons. The van der Waals surface area contributed by atoms with E-state index in [4.69, 9.17) is 115 Å². The normalized spacial score (nSPS) is 37.9. The van der Waals surface area contributed by atoms with Gasteiger partial charge in [0, 0.05) is 89.3 Å². The van der Waals surface area contributed by atoms with Gasteiger partial charge in [0.05, 0.1) is 56.7 Å². The molecule has 8 heterocycles. The number of nitrogens with zero attached hydrogens (tertiary/aromatic N) is 2. The van der Waals surface area contributed by atoms with Gasteiger partial charge in [-0.25, -0.2) is 4.79 Å². The van der Waals surface area contributed by atoms with E-state index in [1.807, 2.05) is 38.2 Å². The number of carbonyl (C=O) groups is 9. The Hall–Kier alpha value is -7.55. The summed E-state index contributed by atoms with van der Waals surface area (Å²) in [6.07, 6.45) is -9.74. The number of methoxy groups -OCH3 is 2. The number of amides is 3. The number of ether oxygens (including phenoxy) is 12. The average molecular weight is 1880 g/mol. The summed E-state index contributed by atoms with van der Waals surface area (Å²) in [4.78, 5) is 130. The molecule has 6 aliphatic heterocycles. The van der Waals surface area contributed by atoms with Gasteiger partial charge in [-0.05, 0) is 114 Å². The fourth-order valence-electron chi connectivity index (χ4n) is 20.9. The van der Waals surface area contributed by atoms with E-state index in [0.29, 0.717) is 31.4 Å². The van der Waals surface area contributed by atoms with Crippen LogP contribution in [-0.2, 0) is 85.6 Å². The average Bonchev–Trinajstić information content (AvgIpc) is 1.65. The van der Waals surface area contributed by atoms with Gasteiger partial charge < -0.3 is 109 Å². The number of hydrogen-bond acceptors (Lipinski definition) is 28. The van der Waals surface area contributed by atoms with E-state index in [0.717, 1.165) is 18.1 Å². The van der Waals surface area contributed by atoms with Crippen molar-refractivity contribution in [2.45, 2.75) is 296 Å². The molecular formula is C91H126Cl4N6O27. The third-order valence-electron chi connectivity index (χ3n) is 27.3. The summed E-state index contributed by atoms with van der Waals surface area (Å²) in [6.45, 7) is 37.0. The summed E-state index contributed by atoms with van der Waals surface area (Å²) < 4.78 is 72.0. The number of hydrogen-bond donors (Lipinski definition) is 10. The lowest BCUT2D eigenvalue weighted by atomic mass is 9.61. The summed E-state index contributed by atoms with van der Waals surface area (Å²) in [5.74, 6) is -12.6. The van der Waals surface area contributed by atoms with Crippen molar-refractivity contribution in [1.82, 2.24) is 19.8 Å². The first-order chi connectivity index (χ1) is 59.5. The highest BCUT2D eigenvalue weighted by Crippen LogP contribution is 2.55. The van der Waals surface area contributed by atoms with Crippen LogP contribution >= 0.6 is 46.4 Å². The van der Waals surface area contributed by atoms with Crippen LogP contribution in [0.1, 0.15) is 182 Å². The Balaban J connectivity index is 0.000000265. The van der Waals surface area contributed by atoms with Crippen LogP contribution in [0, 0.1) is 77.9 Å². The molecule has 37 heteroatoms. The number of Topliss-reactive ketones (excluding diaryl/α,β-unsaturated/α-hetero) is 4. The maximum absolute atomic E-state index is 14.8. The number of aryl methyl sites for hydroxylation is 1.